The molecule has 11 rings (SSSR count). The second kappa shape index (κ2) is 15.5. The van der Waals surface area contributed by atoms with Gasteiger partial charge in [0.25, 0.3) is 0 Å². The maximum absolute atomic E-state index is 6.01. The van der Waals surface area contributed by atoms with Crippen molar-refractivity contribution in [2.75, 3.05) is 0 Å². The minimum absolute atomic E-state index is 0.0453. The number of fused-ring (bicyclic) bond motifs is 6. The molecule has 1 aliphatic carbocycles. The van der Waals surface area contributed by atoms with Gasteiger partial charge in [-0.2, -0.15) is 0 Å². The summed E-state index contributed by atoms with van der Waals surface area (Å²) in [5, 5.41) is 6.38. The van der Waals surface area contributed by atoms with Crippen LogP contribution in [0, 0.1) is 0 Å². The molecule has 0 saturated carbocycles. The molecule has 1 heterocycles. The first-order valence-electron chi connectivity index (χ1n) is 21.6. The van der Waals surface area contributed by atoms with Crippen LogP contribution in [0.15, 0.2) is 217 Å². The molecule has 0 unspecified atom stereocenters. The zero-order chi connectivity index (χ0) is 42.5. The third-order valence-corrected chi connectivity index (χ3v) is 12.9. The van der Waals surface area contributed by atoms with Gasteiger partial charge >= 0.3 is 0 Å². The van der Waals surface area contributed by atoms with Gasteiger partial charge in [0.15, 0.2) is 0 Å². The lowest BCUT2D eigenvalue weighted by molar-refractivity contribution is 0.292. The van der Waals surface area contributed by atoms with E-state index in [0.29, 0.717) is 12.5 Å². The molecule has 63 heavy (non-hydrogen) atoms. The largest absolute Gasteiger partial charge is 0.471 e. The van der Waals surface area contributed by atoms with Crippen molar-refractivity contribution in [3.05, 3.63) is 235 Å². The van der Waals surface area contributed by atoms with Crippen LogP contribution in [0.4, 0.5) is 0 Å². The van der Waals surface area contributed by atoms with Crippen molar-refractivity contribution in [2.45, 2.75) is 25.9 Å². The first-order chi connectivity index (χ1) is 31.0. The highest BCUT2D eigenvalue weighted by molar-refractivity contribution is 6.10. The summed E-state index contributed by atoms with van der Waals surface area (Å²) in [5.41, 5.74) is 20.3. The van der Waals surface area contributed by atoms with Crippen LogP contribution in [0.5, 0.6) is 0 Å². The number of hydrazone groups is 1. The van der Waals surface area contributed by atoms with E-state index in [9.17, 15) is 0 Å². The Morgan fingerprint density at radius 2 is 0.984 bits per heavy atom. The predicted octanol–water partition coefficient (Wildman–Crippen LogP) is 14.6. The lowest BCUT2D eigenvalue weighted by atomic mass is 9.81. The van der Waals surface area contributed by atoms with E-state index in [1.54, 1.807) is 0 Å². The van der Waals surface area contributed by atoms with Crippen molar-refractivity contribution in [1.82, 2.24) is 4.57 Å². The van der Waals surface area contributed by atoms with Crippen molar-refractivity contribution < 1.29 is 4.74 Å². The third kappa shape index (κ3) is 6.59. The van der Waals surface area contributed by atoms with E-state index in [2.05, 4.69) is 206 Å². The summed E-state index contributed by atoms with van der Waals surface area (Å²) in [6.07, 6.45) is 0. The van der Waals surface area contributed by atoms with Crippen LogP contribution in [-0.4, -0.2) is 10.5 Å². The Hall–Kier alpha value is -7.95. The van der Waals surface area contributed by atoms with E-state index < -0.39 is 0 Å². The van der Waals surface area contributed by atoms with Gasteiger partial charge in [0, 0.05) is 27.4 Å². The van der Waals surface area contributed by atoms with Crippen LogP contribution in [-0.2, 0) is 16.8 Å². The summed E-state index contributed by atoms with van der Waals surface area (Å²) >= 11 is 0. The van der Waals surface area contributed by atoms with Crippen LogP contribution >= 0.6 is 0 Å². The number of hydrogen-bond acceptors (Lipinski definition) is 3. The maximum atomic E-state index is 6.01. The topological polar surface area (TPSA) is 52.5 Å². The number of benzene rings is 9. The third-order valence-electron chi connectivity index (χ3n) is 12.9. The lowest BCUT2D eigenvalue weighted by Gasteiger charge is -2.22. The lowest BCUT2D eigenvalue weighted by Crippen LogP contribution is -2.14. The SMILES string of the molecule is CC1(C)c2ccccc2-c2ccc(-c3ccc4c(c3)c3ccccc3n4-c3ccc(-c4ccccc4-c4ccccc4-c4ccc(COC(=NN)c5ccccc5)cc4)cc3)cc21. The molecule has 0 aliphatic heterocycles. The van der Waals surface area contributed by atoms with E-state index in [1.807, 2.05) is 30.3 Å². The van der Waals surface area contributed by atoms with Gasteiger partial charge in [0.1, 0.15) is 6.61 Å². The number of nitrogens with zero attached hydrogens (tertiary/aromatic N) is 2. The van der Waals surface area contributed by atoms with Gasteiger partial charge in [-0.1, -0.05) is 178 Å². The fraction of sp³-hybridized carbons (Fsp3) is 0.0678. The fourth-order valence-corrected chi connectivity index (χ4v) is 9.75. The van der Waals surface area contributed by atoms with Gasteiger partial charge < -0.3 is 15.1 Å². The van der Waals surface area contributed by atoms with Crippen molar-refractivity contribution in [2.24, 2.45) is 10.9 Å². The number of para-hydroxylation sites is 1. The highest BCUT2D eigenvalue weighted by atomic mass is 16.5. The molecule has 1 aliphatic rings. The molecule has 302 valence electrons. The number of rotatable bonds is 8. The molecule has 0 fully saturated rings. The van der Waals surface area contributed by atoms with Gasteiger partial charge in [-0.15, -0.1) is 5.10 Å². The first kappa shape index (κ1) is 38.0. The molecule has 9 aromatic carbocycles. The Morgan fingerprint density at radius 1 is 0.460 bits per heavy atom. The average molecular weight is 812 g/mol. The Bertz CT molecular complexity index is 3360. The highest BCUT2D eigenvalue weighted by Gasteiger charge is 2.35. The van der Waals surface area contributed by atoms with Gasteiger partial charge in [-0.05, 0) is 121 Å². The molecule has 0 amide bonds. The quantitative estimate of drug-likeness (QED) is 0.0719. The van der Waals surface area contributed by atoms with E-state index in [1.165, 1.54) is 77.4 Å². The van der Waals surface area contributed by atoms with Crippen LogP contribution in [0.25, 0.3) is 83.1 Å². The minimum Gasteiger partial charge on any atom is -0.471 e. The molecule has 0 spiro atoms. The molecular formula is C59H45N3O. The summed E-state index contributed by atoms with van der Waals surface area (Å²) in [4.78, 5) is 0. The van der Waals surface area contributed by atoms with Gasteiger partial charge in [0.2, 0.25) is 5.90 Å². The summed E-state index contributed by atoms with van der Waals surface area (Å²) in [7, 11) is 0. The minimum atomic E-state index is -0.0453. The van der Waals surface area contributed by atoms with Crippen molar-refractivity contribution in [1.29, 1.82) is 0 Å². The summed E-state index contributed by atoms with van der Waals surface area (Å²) in [6, 6.07) is 76.3. The Balaban J connectivity index is 0.900. The van der Waals surface area contributed by atoms with Crippen LogP contribution in [0.3, 0.4) is 0 Å². The van der Waals surface area contributed by atoms with Crippen molar-refractivity contribution in [3.8, 4) is 61.3 Å². The maximum Gasteiger partial charge on any atom is 0.237 e. The smallest absolute Gasteiger partial charge is 0.237 e. The highest BCUT2D eigenvalue weighted by Crippen LogP contribution is 2.50. The molecule has 2 N–H and O–H groups in total. The number of aromatic nitrogens is 1. The van der Waals surface area contributed by atoms with Crippen LogP contribution in [0.1, 0.15) is 36.1 Å². The first-order valence-corrected chi connectivity index (χ1v) is 21.6. The zero-order valence-electron chi connectivity index (χ0n) is 35.3. The molecule has 4 heteroatoms. The standard InChI is InChI=1S/C59H45N3O/c1-59(2)54-22-12-10-20-50(54)51-34-30-44(37-55(51)59)43-31-35-57-53(36-43)52-21-11-13-23-56(52)62(57)45-32-28-41(29-33-45)47-17-7-9-19-49(47)48-18-8-6-16-46(48)40-26-24-39(25-27-40)38-63-58(61-60)42-14-4-3-5-15-42/h3-37H,38,60H2,1-2H3. The van der Waals surface area contributed by atoms with E-state index in [-0.39, 0.29) is 5.41 Å². The fourth-order valence-electron chi connectivity index (χ4n) is 9.75. The average Bonchev–Trinajstić information content (AvgIpc) is 3.80. The van der Waals surface area contributed by atoms with Gasteiger partial charge in [0.05, 0.1) is 11.0 Å². The number of hydrogen-bond donors (Lipinski definition) is 1. The second-order valence-electron chi connectivity index (χ2n) is 16.9. The van der Waals surface area contributed by atoms with Crippen LogP contribution < -0.4 is 5.84 Å². The Kier molecular flexibility index (Phi) is 9.35. The van der Waals surface area contributed by atoms with E-state index in [0.717, 1.165) is 27.9 Å². The zero-order valence-corrected chi connectivity index (χ0v) is 35.3. The molecule has 0 radical (unpaired) electrons. The number of nitrogens with two attached hydrogens (primary N) is 1. The molecule has 10 aromatic rings. The Labute approximate surface area is 368 Å². The molecule has 0 bridgehead atoms. The normalized spacial score (nSPS) is 13.0. The van der Waals surface area contributed by atoms with Gasteiger partial charge in [-0.3, -0.25) is 0 Å². The van der Waals surface area contributed by atoms with E-state index in [4.69, 9.17) is 10.6 Å². The summed E-state index contributed by atoms with van der Waals surface area (Å²) < 4.78 is 8.42. The van der Waals surface area contributed by atoms with Crippen LogP contribution in [0.2, 0.25) is 0 Å². The molecular weight excluding hydrogens is 767 g/mol. The monoisotopic (exact) mass is 811 g/mol. The van der Waals surface area contributed by atoms with E-state index >= 15 is 0 Å². The summed E-state index contributed by atoms with van der Waals surface area (Å²) in [6.45, 7) is 5.06. The summed E-state index contributed by atoms with van der Waals surface area (Å²) in [5.74, 6) is 6.09. The van der Waals surface area contributed by atoms with Crippen molar-refractivity contribution >= 4 is 27.7 Å². The van der Waals surface area contributed by atoms with Crippen molar-refractivity contribution in [3.63, 3.8) is 0 Å². The molecule has 0 atom stereocenters. The van der Waals surface area contributed by atoms with Gasteiger partial charge in [-0.25, -0.2) is 0 Å². The Morgan fingerprint density at radius 3 is 1.68 bits per heavy atom. The predicted molar refractivity (Wildman–Crippen MR) is 262 cm³/mol. The number of ether oxygens (including phenoxy) is 1. The molecule has 1 aromatic heterocycles. The molecule has 0 saturated heterocycles. The molecule has 4 nitrogen and oxygen atoms in total. The second-order valence-corrected chi connectivity index (χ2v) is 16.9.